The van der Waals surface area contributed by atoms with Crippen molar-refractivity contribution in [2.45, 2.75) is 64.6 Å². The molecular weight excluding hydrogens is 292 g/mol. The fraction of sp³-hybridized carbons (Fsp3) is 0.611. The molecule has 0 aromatic heterocycles. The zero-order chi connectivity index (χ0) is 16.5. The Hall–Kier alpha value is -1.29. The Balaban J connectivity index is 2.33. The van der Waals surface area contributed by atoms with Crippen LogP contribution in [0.1, 0.15) is 47.1 Å². The van der Waals surface area contributed by atoms with Crippen LogP contribution in [0.4, 0.5) is 0 Å². The second-order valence-electron chi connectivity index (χ2n) is 7.19. The van der Waals surface area contributed by atoms with Crippen molar-refractivity contribution in [3.63, 3.8) is 0 Å². The highest BCUT2D eigenvalue weighted by Crippen LogP contribution is 2.43. The van der Waals surface area contributed by atoms with Crippen LogP contribution in [-0.2, 0) is 11.2 Å². The number of carbonyl (C=O) groups is 1. The van der Waals surface area contributed by atoms with E-state index in [4.69, 9.17) is 9.16 Å². The maximum atomic E-state index is 11.5. The van der Waals surface area contributed by atoms with Crippen molar-refractivity contribution < 1.29 is 14.0 Å². The average Bonchev–Trinajstić information content (AvgIpc) is 2.43. The number of ketones is 1. The topological polar surface area (TPSA) is 35.5 Å². The third-order valence-corrected chi connectivity index (χ3v) is 10.8. The van der Waals surface area contributed by atoms with Crippen molar-refractivity contribution in [3.05, 3.63) is 23.8 Å². The minimum atomic E-state index is -1.95. The largest absolute Gasteiger partial charge is 0.543 e. The molecule has 0 amide bonds. The lowest BCUT2D eigenvalue weighted by Crippen LogP contribution is -2.50. The van der Waals surface area contributed by atoms with Crippen LogP contribution < -0.4 is 9.16 Å². The summed E-state index contributed by atoms with van der Waals surface area (Å²) in [6, 6.07) is 5.94. The highest BCUT2D eigenvalue weighted by atomic mass is 28.4. The Bertz CT molecular complexity index is 527. The first-order chi connectivity index (χ1) is 10.3. The first-order valence-electron chi connectivity index (χ1n) is 8.23. The Morgan fingerprint density at radius 2 is 1.64 bits per heavy atom. The van der Waals surface area contributed by atoms with Gasteiger partial charge in [0, 0.05) is 18.1 Å². The molecule has 0 radical (unpaired) electrons. The van der Waals surface area contributed by atoms with Crippen LogP contribution in [0.3, 0.4) is 0 Å². The number of benzene rings is 1. The monoisotopic (exact) mass is 320 g/mol. The summed E-state index contributed by atoms with van der Waals surface area (Å²) in [5.74, 6) is 1.82. The summed E-state index contributed by atoms with van der Waals surface area (Å²) in [5.41, 5.74) is 2.57. The van der Waals surface area contributed by atoms with Gasteiger partial charge in [-0.25, -0.2) is 0 Å². The fourth-order valence-electron chi connectivity index (χ4n) is 3.86. The van der Waals surface area contributed by atoms with Crippen molar-refractivity contribution in [2.75, 3.05) is 6.61 Å². The van der Waals surface area contributed by atoms with Gasteiger partial charge < -0.3 is 9.16 Å². The highest BCUT2D eigenvalue weighted by Gasteiger charge is 2.47. The molecule has 0 saturated heterocycles. The van der Waals surface area contributed by atoms with Crippen molar-refractivity contribution in [1.29, 1.82) is 0 Å². The minimum absolute atomic E-state index is 0.136. The van der Waals surface area contributed by atoms with Crippen molar-refractivity contribution in [2.24, 2.45) is 0 Å². The molecule has 1 aliphatic rings. The molecule has 3 nitrogen and oxygen atoms in total. The fourth-order valence-corrected chi connectivity index (χ4v) is 9.10. The molecule has 0 saturated carbocycles. The van der Waals surface area contributed by atoms with Gasteiger partial charge in [-0.1, -0.05) is 47.6 Å². The molecule has 0 spiro atoms. The summed E-state index contributed by atoms with van der Waals surface area (Å²) in [4.78, 5) is 11.5. The number of ether oxygens (including phenoxy) is 1. The number of fused-ring (bicyclic) bond motifs is 1. The summed E-state index contributed by atoms with van der Waals surface area (Å²) < 4.78 is 12.2. The second kappa shape index (κ2) is 6.45. The van der Waals surface area contributed by atoms with E-state index in [-0.39, 0.29) is 12.4 Å². The molecule has 4 heteroatoms. The van der Waals surface area contributed by atoms with Crippen molar-refractivity contribution in [3.8, 4) is 11.5 Å². The van der Waals surface area contributed by atoms with E-state index in [0.29, 0.717) is 23.0 Å². The molecule has 0 aliphatic carbocycles. The number of carbonyl (C=O) groups excluding carboxylic acids is 1. The predicted octanol–water partition coefficient (Wildman–Crippen LogP) is 4.74. The van der Waals surface area contributed by atoms with Gasteiger partial charge in [0.15, 0.2) is 5.78 Å². The lowest BCUT2D eigenvalue weighted by atomic mass is 10.1. The zero-order valence-corrected chi connectivity index (χ0v) is 15.6. The van der Waals surface area contributed by atoms with E-state index in [9.17, 15) is 4.79 Å². The van der Waals surface area contributed by atoms with Crippen LogP contribution in [0, 0.1) is 0 Å². The lowest BCUT2D eigenvalue weighted by molar-refractivity contribution is -0.121. The summed E-state index contributed by atoms with van der Waals surface area (Å²) in [6.07, 6.45) is 0.469. The van der Waals surface area contributed by atoms with Gasteiger partial charge in [0.2, 0.25) is 0 Å². The van der Waals surface area contributed by atoms with E-state index in [1.54, 1.807) is 0 Å². The number of Topliss-reactive ketones (excluding diaryl/α,β-unsaturated/α-hetero) is 1. The third kappa shape index (κ3) is 3.07. The molecule has 2 rings (SSSR count). The molecule has 0 atom stereocenters. The average molecular weight is 321 g/mol. The normalized spacial score (nSPS) is 15.2. The summed E-state index contributed by atoms with van der Waals surface area (Å²) in [7, 11) is -1.95. The van der Waals surface area contributed by atoms with E-state index >= 15 is 0 Å². The first kappa shape index (κ1) is 17.1. The molecule has 1 aromatic rings. The molecule has 0 bridgehead atoms. The first-order valence-corrected chi connectivity index (χ1v) is 10.4. The van der Waals surface area contributed by atoms with Crippen LogP contribution in [0.5, 0.6) is 11.5 Å². The number of hydrogen-bond acceptors (Lipinski definition) is 3. The van der Waals surface area contributed by atoms with Gasteiger partial charge in [0.25, 0.3) is 8.32 Å². The summed E-state index contributed by atoms with van der Waals surface area (Å²) >= 11 is 0. The Morgan fingerprint density at radius 1 is 1.05 bits per heavy atom. The van der Waals surface area contributed by atoms with Crippen molar-refractivity contribution in [1.82, 2.24) is 0 Å². The molecule has 0 unspecified atom stereocenters. The van der Waals surface area contributed by atoms with Gasteiger partial charge >= 0.3 is 0 Å². The quantitative estimate of drug-likeness (QED) is 0.735. The molecule has 0 fully saturated rings. The maximum absolute atomic E-state index is 11.5. The van der Waals surface area contributed by atoms with Crippen LogP contribution >= 0.6 is 0 Å². The van der Waals surface area contributed by atoms with E-state index in [2.05, 4.69) is 41.5 Å². The SMILES string of the molecule is CC(C)[Si](Oc1ccc2c(c1)OCC(=O)C2)(C(C)C)C(C)C. The van der Waals surface area contributed by atoms with E-state index in [1.165, 1.54) is 0 Å². The molecule has 22 heavy (non-hydrogen) atoms. The smallest absolute Gasteiger partial charge is 0.258 e. The second-order valence-corrected chi connectivity index (χ2v) is 12.6. The van der Waals surface area contributed by atoms with Gasteiger partial charge in [0.1, 0.15) is 18.1 Å². The molecule has 1 heterocycles. The molecular formula is C18H28O3Si. The molecule has 1 aromatic carbocycles. The lowest BCUT2D eigenvalue weighted by Gasteiger charge is -2.42. The summed E-state index contributed by atoms with van der Waals surface area (Å²) in [6.45, 7) is 13.8. The van der Waals surface area contributed by atoms with E-state index in [0.717, 1.165) is 17.1 Å². The third-order valence-electron chi connectivity index (χ3n) is 4.82. The van der Waals surface area contributed by atoms with Crippen LogP contribution in [-0.4, -0.2) is 20.7 Å². The summed E-state index contributed by atoms with van der Waals surface area (Å²) in [5, 5.41) is 0. The van der Waals surface area contributed by atoms with Crippen molar-refractivity contribution >= 4 is 14.1 Å². The minimum Gasteiger partial charge on any atom is -0.543 e. The Labute approximate surface area is 135 Å². The van der Waals surface area contributed by atoms with Crippen LogP contribution in [0.25, 0.3) is 0 Å². The highest BCUT2D eigenvalue weighted by molar-refractivity contribution is 6.78. The molecule has 1 aliphatic heterocycles. The Kier molecular flexibility index (Phi) is 5.00. The molecule has 0 N–H and O–H groups in total. The molecule has 122 valence electrons. The van der Waals surface area contributed by atoms with E-state index < -0.39 is 8.32 Å². The predicted molar refractivity (Wildman–Crippen MR) is 92.3 cm³/mol. The zero-order valence-electron chi connectivity index (χ0n) is 14.6. The van der Waals surface area contributed by atoms with Gasteiger partial charge in [0.05, 0.1) is 0 Å². The standard InChI is InChI=1S/C18H28O3Si/c1-12(2)22(13(3)4,14(5)6)21-17-8-7-15-9-16(19)11-20-18(15)10-17/h7-8,10,12-14H,9,11H2,1-6H3. The van der Waals surface area contributed by atoms with E-state index in [1.807, 2.05) is 18.2 Å². The maximum Gasteiger partial charge on any atom is 0.258 e. The number of rotatable bonds is 5. The van der Waals surface area contributed by atoms with Gasteiger partial charge in [-0.05, 0) is 22.7 Å². The van der Waals surface area contributed by atoms with Gasteiger partial charge in [-0.2, -0.15) is 0 Å². The van der Waals surface area contributed by atoms with Gasteiger partial charge in [-0.15, -0.1) is 0 Å². The van der Waals surface area contributed by atoms with Gasteiger partial charge in [-0.3, -0.25) is 4.79 Å². The van der Waals surface area contributed by atoms with Crippen LogP contribution in [0.15, 0.2) is 18.2 Å². The van der Waals surface area contributed by atoms with Crippen LogP contribution in [0.2, 0.25) is 16.6 Å². The Morgan fingerprint density at radius 3 is 2.18 bits per heavy atom. The number of hydrogen-bond donors (Lipinski definition) is 0.